The number of nitrogens with zero attached hydrogens (tertiary/aromatic N) is 4. The van der Waals surface area contributed by atoms with Crippen molar-refractivity contribution in [2.45, 2.75) is 12.5 Å². The molecule has 0 spiro atoms. The first kappa shape index (κ1) is 26.8. The van der Waals surface area contributed by atoms with Crippen molar-refractivity contribution in [2.75, 3.05) is 63.6 Å². The minimum absolute atomic E-state index is 0.0157. The van der Waals surface area contributed by atoms with Crippen molar-refractivity contribution in [3.63, 3.8) is 0 Å². The van der Waals surface area contributed by atoms with Crippen molar-refractivity contribution in [1.29, 1.82) is 0 Å². The highest BCUT2D eigenvalue weighted by Crippen LogP contribution is 2.33. The van der Waals surface area contributed by atoms with Gasteiger partial charge in [0, 0.05) is 49.4 Å². The number of carbonyl (C=O) groups excluding carboxylic acids is 2. The summed E-state index contributed by atoms with van der Waals surface area (Å²) in [5.74, 6) is 0.0126. The second-order valence-corrected chi connectivity index (χ2v) is 10.6. The molecule has 2 fully saturated rings. The van der Waals surface area contributed by atoms with Gasteiger partial charge < -0.3 is 19.9 Å². The lowest BCUT2D eigenvalue weighted by molar-refractivity contribution is -0.124. The second kappa shape index (κ2) is 11.9. The molecule has 192 valence electrons. The molecule has 0 radical (unpaired) electrons. The number of nitrogens with one attached hydrogen (secondary N) is 1. The molecule has 2 aliphatic rings. The van der Waals surface area contributed by atoms with Crippen LogP contribution in [0.1, 0.15) is 6.42 Å². The van der Waals surface area contributed by atoms with Crippen LogP contribution in [-0.4, -0.2) is 91.1 Å². The maximum atomic E-state index is 13.6. The van der Waals surface area contributed by atoms with E-state index in [9.17, 15) is 9.59 Å². The zero-order valence-corrected chi connectivity index (χ0v) is 23.4. The van der Waals surface area contributed by atoms with Crippen molar-refractivity contribution in [3.8, 4) is 5.75 Å². The Morgan fingerprint density at radius 2 is 1.83 bits per heavy atom. The van der Waals surface area contributed by atoms with E-state index in [0.717, 1.165) is 37.2 Å². The predicted octanol–water partition coefficient (Wildman–Crippen LogP) is 3.69. The number of halogens is 2. The summed E-state index contributed by atoms with van der Waals surface area (Å²) in [6, 6.07) is 11.7. The molecule has 1 unspecified atom stereocenters. The third kappa shape index (κ3) is 6.18. The second-order valence-electron chi connectivity index (χ2n) is 8.89. The number of ether oxygens (including phenoxy) is 1. The van der Waals surface area contributed by atoms with E-state index >= 15 is 0 Å². The number of likely N-dealkylation sites (N-methyl/N-ethyl adjacent to an activating group) is 1. The van der Waals surface area contributed by atoms with E-state index in [1.165, 1.54) is 12.0 Å². The van der Waals surface area contributed by atoms with E-state index in [0.29, 0.717) is 33.8 Å². The molecule has 2 aromatic carbocycles. The monoisotopic (exact) mass is 593 g/mol. The van der Waals surface area contributed by atoms with Crippen LogP contribution in [0.2, 0.25) is 5.02 Å². The number of amides is 2. The molecule has 0 aliphatic carbocycles. The first-order valence-electron chi connectivity index (χ1n) is 11.7. The van der Waals surface area contributed by atoms with Gasteiger partial charge in [-0.1, -0.05) is 27.5 Å². The number of piperazine rings is 1. The molecule has 2 aromatic rings. The van der Waals surface area contributed by atoms with Crippen molar-refractivity contribution in [2.24, 2.45) is 0 Å². The van der Waals surface area contributed by atoms with E-state index in [1.807, 2.05) is 17.0 Å². The number of anilines is 2. The molecular formula is C25H29BrClN5O3S. The standard InChI is InChI=1S/C25H29BrClN5O3S/c1-29-9-11-30(12-10-29)13-14-31-21(16-23(33)28-18-5-3-17(26)4-6-18)24(34)32(25(31)36)19-7-8-22(35-2)20(27)15-19/h3-8,15,21H,9-14,16H2,1-2H3,(H,28,33). The van der Waals surface area contributed by atoms with Gasteiger partial charge in [-0.15, -0.1) is 0 Å². The van der Waals surface area contributed by atoms with Gasteiger partial charge in [0.25, 0.3) is 5.91 Å². The van der Waals surface area contributed by atoms with E-state index in [1.54, 1.807) is 30.3 Å². The van der Waals surface area contributed by atoms with Crippen LogP contribution in [-0.2, 0) is 9.59 Å². The number of hydrogen-bond donors (Lipinski definition) is 1. The zero-order chi connectivity index (χ0) is 25.8. The van der Waals surface area contributed by atoms with Gasteiger partial charge in [0.1, 0.15) is 11.8 Å². The Hall–Kier alpha value is -2.24. The summed E-state index contributed by atoms with van der Waals surface area (Å²) in [4.78, 5) is 34.6. The fraction of sp³-hybridized carbons (Fsp3) is 0.400. The quantitative estimate of drug-likeness (QED) is 0.468. The van der Waals surface area contributed by atoms with Gasteiger partial charge in [-0.05, 0) is 61.7 Å². The third-order valence-electron chi connectivity index (χ3n) is 6.47. The van der Waals surface area contributed by atoms with Gasteiger partial charge in [0.05, 0.1) is 24.2 Å². The summed E-state index contributed by atoms with van der Waals surface area (Å²) in [6.07, 6.45) is -0.0157. The van der Waals surface area contributed by atoms with Crippen LogP contribution in [0.3, 0.4) is 0 Å². The average molecular weight is 595 g/mol. The molecule has 11 heteroatoms. The number of carbonyl (C=O) groups is 2. The third-order valence-corrected chi connectivity index (χ3v) is 7.71. The van der Waals surface area contributed by atoms with Crippen LogP contribution in [0.5, 0.6) is 5.75 Å². The minimum Gasteiger partial charge on any atom is -0.495 e. The molecule has 0 bridgehead atoms. The first-order chi connectivity index (χ1) is 17.3. The van der Waals surface area contributed by atoms with E-state index in [-0.39, 0.29) is 18.2 Å². The Kier molecular flexibility index (Phi) is 8.84. The Labute approximate surface area is 230 Å². The van der Waals surface area contributed by atoms with Crippen LogP contribution in [0.25, 0.3) is 0 Å². The summed E-state index contributed by atoms with van der Waals surface area (Å²) >= 11 is 15.5. The lowest BCUT2D eigenvalue weighted by Crippen LogP contribution is -2.48. The van der Waals surface area contributed by atoms with E-state index < -0.39 is 6.04 Å². The van der Waals surface area contributed by atoms with Gasteiger partial charge in [0.2, 0.25) is 5.91 Å². The highest BCUT2D eigenvalue weighted by Gasteiger charge is 2.44. The number of thiocarbonyl (C=S) groups is 1. The molecule has 1 atom stereocenters. The molecule has 2 aliphatic heterocycles. The van der Waals surface area contributed by atoms with Gasteiger partial charge in [-0.25, -0.2) is 0 Å². The molecule has 0 aromatic heterocycles. The van der Waals surface area contributed by atoms with Gasteiger partial charge in [0.15, 0.2) is 5.11 Å². The fourth-order valence-corrected chi connectivity index (χ4v) is 5.29. The molecule has 2 heterocycles. The summed E-state index contributed by atoms with van der Waals surface area (Å²) in [5.41, 5.74) is 1.22. The SMILES string of the molecule is COc1ccc(N2C(=O)C(CC(=O)Nc3ccc(Br)cc3)N(CCN3CCN(C)CC3)C2=S)cc1Cl. The molecule has 36 heavy (non-hydrogen) atoms. The maximum Gasteiger partial charge on any atom is 0.256 e. The van der Waals surface area contributed by atoms with Crippen molar-refractivity contribution in [3.05, 3.63) is 52.0 Å². The lowest BCUT2D eigenvalue weighted by atomic mass is 10.1. The lowest BCUT2D eigenvalue weighted by Gasteiger charge is -2.34. The first-order valence-corrected chi connectivity index (χ1v) is 13.3. The number of rotatable bonds is 8. The smallest absolute Gasteiger partial charge is 0.256 e. The summed E-state index contributed by atoms with van der Waals surface area (Å²) in [6.45, 7) is 5.21. The van der Waals surface area contributed by atoms with Crippen molar-refractivity contribution in [1.82, 2.24) is 14.7 Å². The van der Waals surface area contributed by atoms with E-state index in [4.69, 9.17) is 28.6 Å². The Morgan fingerprint density at radius 3 is 2.47 bits per heavy atom. The topological polar surface area (TPSA) is 68.4 Å². The predicted molar refractivity (Wildman–Crippen MR) is 150 cm³/mol. The summed E-state index contributed by atoms with van der Waals surface area (Å²) < 4.78 is 6.16. The molecule has 2 saturated heterocycles. The fourth-order valence-electron chi connectivity index (χ4n) is 4.36. The van der Waals surface area contributed by atoms with E-state index in [2.05, 4.69) is 38.1 Å². The van der Waals surface area contributed by atoms with Gasteiger partial charge in [-0.3, -0.25) is 19.4 Å². The Morgan fingerprint density at radius 1 is 1.14 bits per heavy atom. The normalized spacial score (nSPS) is 19.2. The number of benzene rings is 2. The molecule has 8 nitrogen and oxygen atoms in total. The highest BCUT2D eigenvalue weighted by atomic mass is 79.9. The zero-order valence-electron chi connectivity index (χ0n) is 20.2. The largest absolute Gasteiger partial charge is 0.495 e. The molecule has 4 rings (SSSR count). The van der Waals surface area contributed by atoms with Crippen molar-refractivity contribution >= 4 is 68.1 Å². The summed E-state index contributed by atoms with van der Waals surface area (Å²) in [7, 11) is 3.65. The Balaban J connectivity index is 1.53. The van der Waals surface area contributed by atoms with Gasteiger partial charge in [-0.2, -0.15) is 0 Å². The van der Waals surface area contributed by atoms with Crippen LogP contribution in [0, 0.1) is 0 Å². The molecule has 0 saturated carbocycles. The molecule has 1 N–H and O–H groups in total. The van der Waals surface area contributed by atoms with Crippen LogP contribution in [0.4, 0.5) is 11.4 Å². The number of hydrogen-bond acceptors (Lipinski definition) is 6. The highest BCUT2D eigenvalue weighted by molar-refractivity contribution is 9.10. The Bertz CT molecular complexity index is 1130. The molecular weight excluding hydrogens is 566 g/mol. The summed E-state index contributed by atoms with van der Waals surface area (Å²) in [5, 5.41) is 3.64. The maximum absolute atomic E-state index is 13.6. The van der Waals surface area contributed by atoms with Crippen LogP contribution >= 0.6 is 39.7 Å². The molecule has 2 amide bonds. The minimum atomic E-state index is -0.707. The average Bonchev–Trinajstić information content (AvgIpc) is 3.08. The number of methoxy groups -OCH3 is 1. The van der Waals surface area contributed by atoms with Crippen molar-refractivity contribution < 1.29 is 14.3 Å². The van der Waals surface area contributed by atoms with Crippen LogP contribution in [0.15, 0.2) is 46.9 Å². The van der Waals surface area contributed by atoms with Crippen LogP contribution < -0.4 is 15.0 Å². The van der Waals surface area contributed by atoms with Gasteiger partial charge >= 0.3 is 0 Å².